The molecule has 0 fully saturated rings. The van der Waals surface area contributed by atoms with Crippen LogP contribution in [0.3, 0.4) is 0 Å². The molecule has 0 bridgehead atoms. The van der Waals surface area contributed by atoms with Gasteiger partial charge in [-0.05, 0) is 26.3 Å². The van der Waals surface area contributed by atoms with Gasteiger partial charge in [0, 0.05) is 37.7 Å². The number of halogens is 1. The van der Waals surface area contributed by atoms with Crippen molar-refractivity contribution in [2.75, 3.05) is 27.2 Å². The van der Waals surface area contributed by atoms with Crippen LogP contribution >= 0.6 is 24.0 Å². The largest absolute Gasteiger partial charge is 0.493 e. The van der Waals surface area contributed by atoms with Gasteiger partial charge in [-0.1, -0.05) is 25.1 Å². The maximum atomic E-state index is 11.9. The first-order valence-electron chi connectivity index (χ1n) is 8.91. The van der Waals surface area contributed by atoms with Gasteiger partial charge in [0.15, 0.2) is 5.96 Å². The molecule has 146 valence electrons. The molecule has 2 rings (SSSR count). The average molecular weight is 474 g/mol. The van der Waals surface area contributed by atoms with Gasteiger partial charge < -0.3 is 20.3 Å². The lowest BCUT2D eigenvalue weighted by atomic mass is 9.94. The second-order valence-corrected chi connectivity index (χ2v) is 6.79. The second-order valence-electron chi connectivity index (χ2n) is 6.79. The van der Waals surface area contributed by atoms with Crippen LogP contribution in [-0.2, 0) is 4.79 Å². The van der Waals surface area contributed by atoms with E-state index >= 15 is 0 Å². The summed E-state index contributed by atoms with van der Waals surface area (Å²) in [7, 11) is 3.48. The van der Waals surface area contributed by atoms with Crippen molar-refractivity contribution in [2.45, 2.75) is 45.2 Å². The zero-order chi connectivity index (χ0) is 18.4. The third-order valence-corrected chi connectivity index (χ3v) is 4.57. The van der Waals surface area contributed by atoms with Crippen LogP contribution < -0.4 is 15.4 Å². The smallest absolute Gasteiger partial charge is 0.243 e. The van der Waals surface area contributed by atoms with E-state index in [-0.39, 0.29) is 54.4 Å². The molecule has 1 amide bonds. The zero-order valence-corrected chi connectivity index (χ0v) is 18.6. The minimum atomic E-state index is -0.0209. The maximum Gasteiger partial charge on any atom is 0.243 e. The summed E-state index contributed by atoms with van der Waals surface area (Å²) in [5, 5.41) is 6.81. The van der Waals surface area contributed by atoms with Gasteiger partial charge in [-0.3, -0.25) is 4.79 Å². The van der Waals surface area contributed by atoms with Crippen molar-refractivity contribution < 1.29 is 9.53 Å². The molecule has 0 radical (unpaired) electrons. The van der Waals surface area contributed by atoms with Crippen LogP contribution in [0.5, 0.6) is 5.75 Å². The van der Waals surface area contributed by atoms with E-state index in [1.807, 2.05) is 18.2 Å². The number of aliphatic imine (C=N–C) groups is 1. The van der Waals surface area contributed by atoms with Gasteiger partial charge in [0.05, 0.1) is 6.61 Å². The molecule has 0 spiro atoms. The fourth-order valence-corrected chi connectivity index (χ4v) is 2.67. The highest BCUT2D eigenvalue weighted by Gasteiger charge is 2.29. The highest BCUT2D eigenvalue weighted by Crippen LogP contribution is 2.35. The van der Waals surface area contributed by atoms with E-state index in [1.54, 1.807) is 19.0 Å². The summed E-state index contributed by atoms with van der Waals surface area (Å²) in [6.07, 6.45) is 0.978. The monoisotopic (exact) mass is 474 g/mol. The van der Waals surface area contributed by atoms with Crippen molar-refractivity contribution in [3.63, 3.8) is 0 Å². The number of guanidine groups is 1. The highest BCUT2D eigenvalue weighted by atomic mass is 127. The molecule has 2 N–H and O–H groups in total. The van der Waals surface area contributed by atoms with E-state index in [9.17, 15) is 4.79 Å². The van der Waals surface area contributed by atoms with Crippen LogP contribution in [0.2, 0.25) is 0 Å². The van der Waals surface area contributed by atoms with Crippen molar-refractivity contribution >= 4 is 35.8 Å². The number of ether oxygens (including phenoxy) is 1. The van der Waals surface area contributed by atoms with E-state index in [4.69, 9.17) is 4.74 Å². The Morgan fingerprint density at radius 1 is 1.31 bits per heavy atom. The van der Waals surface area contributed by atoms with Crippen LogP contribution in [0, 0.1) is 0 Å². The molecule has 0 aliphatic carbocycles. The van der Waals surface area contributed by atoms with Crippen molar-refractivity contribution in [3.05, 3.63) is 29.8 Å². The lowest BCUT2D eigenvalue weighted by molar-refractivity contribution is -0.127. The lowest BCUT2D eigenvalue weighted by Gasteiger charge is -2.24. The molecule has 0 aromatic heterocycles. The number of likely N-dealkylation sites (N-methyl/N-ethyl adjacent to an activating group) is 1. The Kier molecular flexibility index (Phi) is 9.18. The Labute approximate surface area is 173 Å². The molecule has 0 saturated heterocycles. The van der Waals surface area contributed by atoms with Gasteiger partial charge >= 0.3 is 0 Å². The number of rotatable bonds is 6. The standard InChI is InChI=1S/C19H30N4O2.HI/c1-6-13(2)21-19(20-11-18(24)23(4)5)22-14(3)16-12-25-17-10-8-7-9-15(16)17;/h7-10,13-14,16H,6,11-12H2,1-5H3,(H2,20,21,22);1H. The quantitative estimate of drug-likeness (QED) is 0.378. The fourth-order valence-electron chi connectivity index (χ4n) is 2.67. The number of carbonyl (C=O) groups is 1. The number of fused-ring (bicyclic) bond motifs is 1. The lowest BCUT2D eigenvalue weighted by Crippen LogP contribution is -2.48. The molecular formula is C19H31IN4O2. The van der Waals surface area contributed by atoms with Gasteiger partial charge in [0.2, 0.25) is 5.91 Å². The van der Waals surface area contributed by atoms with Gasteiger partial charge in [-0.15, -0.1) is 24.0 Å². The first-order chi connectivity index (χ1) is 11.9. The van der Waals surface area contributed by atoms with Gasteiger partial charge in [0.1, 0.15) is 12.3 Å². The zero-order valence-electron chi connectivity index (χ0n) is 16.3. The molecule has 1 aliphatic rings. The normalized spacial score (nSPS) is 18.0. The van der Waals surface area contributed by atoms with Crippen LogP contribution in [0.15, 0.2) is 29.3 Å². The number of hydrogen-bond acceptors (Lipinski definition) is 3. The van der Waals surface area contributed by atoms with Crippen LogP contribution in [0.1, 0.15) is 38.7 Å². The van der Waals surface area contributed by atoms with E-state index in [2.05, 4.69) is 42.5 Å². The third-order valence-electron chi connectivity index (χ3n) is 4.57. The predicted octanol–water partition coefficient (Wildman–Crippen LogP) is 2.59. The Balaban J connectivity index is 0.00000338. The molecule has 0 saturated carbocycles. The number of para-hydroxylation sites is 1. The van der Waals surface area contributed by atoms with Crippen LogP contribution in [0.4, 0.5) is 0 Å². The number of carbonyl (C=O) groups excluding carboxylic acids is 1. The van der Waals surface area contributed by atoms with Gasteiger partial charge in [-0.2, -0.15) is 0 Å². The Morgan fingerprint density at radius 3 is 2.65 bits per heavy atom. The summed E-state index contributed by atoms with van der Waals surface area (Å²) in [5.41, 5.74) is 1.22. The average Bonchev–Trinajstić information content (AvgIpc) is 3.03. The number of benzene rings is 1. The molecule has 1 heterocycles. The Bertz CT molecular complexity index is 621. The summed E-state index contributed by atoms with van der Waals surface area (Å²) in [6, 6.07) is 8.55. The minimum absolute atomic E-state index is 0. The summed E-state index contributed by atoms with van der Waals surface area (Å²) in [4.78, 5) is 17.9. The molecule has 26 heavy (non-hydrogen) atoms. The fraction of sp³-hybridized carbons (Fsp3) is 0.579. The Hall–Kier alpha value is -1.51. The molecule has 1 aromatic rings. The summed E-state index contributed by atoms with van der Waals surface area (Å²) in [6.45, 7) is 7.12. The summed E-state index contributed by atoms with van der Waals surface area (Å²) >= 11 is 0. The van der Waals surface area contributed by atoms with E-state index in [0.29, 0.717) is 12.6 Å². The van der Waals surface area contributed by atoms with Crippen molar-refractivity contribution in [3.8, 4) is 5.75 Å². The highest BCUT2D eigenvalue weighted by molar-refractivity contribution is 14.0. The van der Waals surface area contributed by atoms with Crippen molar-refractivity contribution in [1.29, 1.82) is 0 Å². The molecular weight excluding hydrogens is 443 g/mol. The molecule has 7 heteroatoms. The molecule has 3 atom stereocenters. The number of hydrogen-bond donors (Lipinski definition) is 2. The van der Waals surface area contributed by atoms with Crippen molar-refractivity contribution in [2.24, 2.45) is 4.99 Å². The molecule has 6 nitrogen and oxygen atoms in total. The minimum Gasteiger partial charge on any atom is -0.493 e. The Morgan fingerprint density at radius 2 is 2.00 bits per heavy atom. The SMILES string of the molecule is CCC(C)NC(=NCC(=O)N(C)C)NC(C)C1COc2ccccc21.I. The van der Waals surface area contributed by atoms with E-state index in [0.717, 1.165) is 12.2 Å². The van der Waals surface area contributed by atoms with E-state index < -0.39 is 0 Å². The number of nitrogens with one attached hydrogen (secondary N) is 2. The molecule has 1 aliphatic heterocycles. The van der Waals surface area contributed by atoms with Crippen LogP contribution in [0.25, 0.3) is 0 Å². The van der Waals surface area contributed by atoms with Gasteiger partial charge in [0.25, 0.3) is 0 Å². The molecule has 3 unspecified atom stereocenters. The summed E-state index contributed by atoms with van der Waals surface area (Å²) in [5.74, 6) is 1.86. The topological polar surface area (TPSA) is 66.0 Å². The second kappa shape index (κ2) is 10.6. The maximum absolute atomic E-state index is 11.9. The third kappa shape index (κ3) is 6.03. The van der Waals surface area contributed by atoms with E-state index in [1.165, 1.54) is 5.56 Å². The van der Waals surface area contributed by atoms with Crippen LogP contribution in [-0.4, -0.2) is 56.1 Å². The molecule has 1 aromatic carbocycles. The number of amides is 1. The predicted molar refractivity (Wildman–Crippen MR) is 117 cm³/mol. The first-order valence-corrected chi connectivity index (χ1v) is 8.91. The van der Waals surface area contributed by atoms with Gasteiger partial charge in [-0.25, -0.2) is 4.99 Å². The number of nitrogens with zero attached hydrogens (tertiary/aromatic N) is 2. The first kappa shape index (κ1) is 22.5. The summed E-state index contributed by atoms with van der Waals surface area (Å²) < 4.78 is 5.78. The van der Waals surface area contributed by atoms with Crippen molar-refractivity contribution in [1.82, 2.24) is 15.5 Å².